The molecule has 48 heavy (non-hydrogen) atoms. The van der Waals surface area contributed by atoms with Gasteiger partial charge in [0.05, 0.1) is 28.3 Å². The molecule has 0 N–H and O–H groups in total. The number of nitriles is 1. The summed E-state index contributed by atoms with van der Waals surface area (Å²) in [6.07, 6.45) is 0. The van der Waals surface area contributed by atoms with Crippen LogP contribution in [0.5, 0.6) is 0 Å². The summed E-state index contributed by atoms with van der Waals surface area (Å²) in [6.45, 7) is 0. The van der Waals surface area contributed by atoms with Crippen molar-refractivity contribution in [3.8, 4) is 39.4 Å². The van der Waals surface area contributed by atoms with E-state index in [0.29, 0.717) is 11.1 Å². The van der Waals surface area contributed by atoms with Gasteiger partial charge in [-0.05, 0) is 99.1 Å². The topological polar surface area (TPSA) is 27.0 Å². The minimum absolute atomic E-state index is 0.0686. The van der Waals surface area contributed by atoms with Crippen molar-refractivity contribution in [3.05, 3.63) is 197 Å². The highest BCUT2D eigenvalue weighted by Gasteiger charge is 2.52. The summed E-state index contributed by atoms with van der Waals surface area (Å²) in [7, 11) is 0. The van der Waals surface area contributed by atoms with Crippen molar-refractivity contribution in [3.63, 3.8) is 0 Å². The molecule has 0 saturated heterocycles. The van der Waals surface area contributed by atoms with Crippen molar-refractivity contribution in [2.75, 3.05) is 4.90 Å². The normalized spacial score (nSPS) is 12.9. The second-order valence-corrected chi connectivity index (χ2v) is 12.2. The van der Waals surface area contributed by atoms with Crippen LogP contribution in [-0.4, -0.2) is 0 Å². The largest absolute Gasteiger partial charge is 0.310 e. The highest BCUT2D eigenvalue weighted by molar-refractivity contribution is 6.01. The Morgan fingerprint density at radius 1 is 0.479 bits per heavy atom. The Morgan fingerprint density at radius 3 is 1.67 bits per heavy atom. The van der Waals surface area contributed by atoms with Gasteiger partial charge in [0.2, 0.25) is 0 Å². The van der Waals surface area contributed by atoms with Gasteiger partial charge in [0.25, 0.3) is 0 Å². The molecule has 0 aromatic heterocycles. The maximum atomic E-state index is 15.1. The first-order valence-electron chi connectivity index (χ1n) is 15.9. The molecule has 0 aliphatic heterocycles. The Kier molecular flexibility index (Phi) is 6.19. The lowest BCUT2D eigenvalue weighted by Crippen LogP contribution is -2.26. The predicted molar refractivity (Wildman–Crippen MR) is 187 cm³/mol. The fourth-order valence-electron chi connectivity index (χ4n) is 8.00. The molecule has 2 nitrogen and oxygen atoms in total. The standard InChI is InChI=1S/C44H26F2N2/c45-39-19-9-20-40(46)42(39)29-10-7-11-31(26-29)48(30-24-22-28(27-47)23-25-30)41-21-8-18-38-43(41)34-14-3-6-17-37(34)44(38)35-15-4-1-12-32(35)33-13-2-5-16-36(33)44/h1-26H. The second kappa shape index (κ2) is 10.6. The van der Waals surface area contributed by atoms with Crippen molar-refractivity contribution in [2.45, 2.75) is 5.41 Å². The van der Waals surface area contributed by atoms with E-state index in [1.54, 1.807) is 18.2 Å². The van der Waals surface area contributed by atoms with Crippen LogP contribution in [0.1, 0.15) is 27.8 Å². The van der Waals surface area contributed by atoms with E-state index in [0.717, 1.165) is 28.2 Å². The lowest BCUT2D eigenvalue weighted by molar-refractivity contribution is 0.589. The number of fused-ring (bicyclic) bond motifs is 10. The molecule has 7 aromatic carbocycles. The van der Waals surface area contributed by atoms with Gasteiger partial charge in [0, 0.05) is 16.9 Å². The van der Waals surface area contributed by atoms with Crippen LogP contribution in [-0.2, 0) is 5.41 Å². The van der Waals surface area contributed by atoms with Crippen LogP contribution in [0.25, 0.3) is 33.4 Å². The van der Waals surface area contributed by atoms with Crippen molar-refractivity contribution in [1.29, 1.82) is 5.26 Å². The smallest absolute Gasteiger partial charge is 0.133 e. The fraction of sp³-hybridized carbons (Fsp3) is 0.0227. The molecule has 4 heteroatoms. The summed E-state index contributed by atoms with van der Waals surface area (Å²) in [5.74, 6) is -1.24. The van der Waals surface area contributed by atoms with Gasteiger partial charge in [-0.2, -0.15) is 5.26 Å². The quantitative estimate of drug-likeness (QED) is 0.196. The van der Waals surface area contributed by atoms with Crippen LogP contribution in [0.4, 0.5) is 25.8 Å². The van der Waals surface area contributed by atoms with Crippen molar-refractivity contribution >= 4 is 17.1 Å². The second-order valence-electron chi connectivity index (χ2n) is 12.2. The SMILES string of the molecule is N#Cc1ccc(N(c2cccc(-c3c(F)cccc3F)c2)c2cccc3c2-c2ccccc2C32c3ccccc3-c3ccccc32)cc1. The minimum Gasteiger partial charge on any atom is -0.310 e. The lowest BCUT2D eigenvalue weighted by Gasteiger charge is -2.32. The minimum atomic E-state index is -0.618. The van der Waals surface area contributed by atoms with E-state index in [-0.39, 0.29) is 5.56 Å². The summed E-state index contributed by atoms with van der Waals surface area (Å²) in [4.78, 5) is 2.13. The number of nitrogens with zero attached hydrogens (tertiary/aromatic N) is 2. The third-order valence-corrected chi connectivity index (χ3v) is 9.85. The molecule has 1 spiro atoms. The maximum Gasteiger partial charge on any atom is 0.133 e. The Labute approximate surface area is 277 Å². The highest BCUT2D eigenvalue weighted by atomic mass is 19.1. The molecule has 226 valence electrons. The molecule has 0 radical (unpaired) electrons. The van der Waals surface area contributed by atoms with E-state index in [4.69, 9.17) is 0 Å². The molecule has 7 aromatic rings. The van der Waals surface area contributed by atoms with Gasteiger partial charge in [-0.15, -0.1) is 0 Å². The van der Waals surface area contributed by atoms with E-state index < -0.39 is 17.0 Å². The molecular weight excluding hydrogens is 594 g/mol. The van der Waals surface area contributed by atoms with Gasteiger partial charge in [0.15, 0.2) is 0 Å². The zero-order chi connectivity index (χ0) is 32.4. The molecule has 0 saturated carbocycles. The van der Waals surface area contributed by atoms with Gasteiger partial charge in [-0.3, -0.25) is 0 Å². The molecule has 0 heterocycles. The maximum absolute atomic E-state index is 15.1. The van der Waals surface area contributed by atoms with Crippen molar-refractivity contribution in [1.82, 2.24) is 0 Å². The van der Waals surface area contributed by atoms with Gasteiger partial charge >= 0.3 is 0 Å². The molecule has 2 aliphatic rings. The van der Waals surface area contributed by atoms with Crippen LogP contribution in [0.15, 0.2) is 158 Å². The summed E-state index contributed by atoms with van der Waals surface area (Å²) >= 11 is 0. The van der Waals surface area contributed by atoms with Crippen LogP contribution in [0.3, 0.4) is 0 Å². The van der Waals surface area contributed by atoms with Crippen LogP contribution < -0.4 is 4.90 Å². The number of rotatable bonds is 4. The number of hydrogen-bond acceptors (Lipinski definition) is 2. The Morgan fingerprint density at radius 2 is 1.02 bits per heavy atom. The van der Waals surface area contributed by atoms with E-state index in [9.17, 15) is 5.26 Å². The third-order valence-electron chi connectivity index (χ3n) is 9.85. The zero-order valence-corrected chi connectivity index (χ0v) is 25.7. The van der Waals surface area contributed by atoms with E-state index in [2.05, 4.69) is 102 Å². The number of hydrogen-bond donors (Lipinski definition) is 0. The first kappa shape index (κ1) is 28.0. The van der Waals surface area contributed by atoms with Crippen LogP contribution >= 0.6 is 0 Å². The number of halogens is 2. The first-order valence-corrected chi connectivity index (χ1v) is 15.9. The molecule has 0 fully saturated rings. The Bertz CT molecular complexity index is 2390. The van der Waals surface area contributed by atoms with Crippen molar-refractivity contribution < 1.29 is 8.78 Å². The molecule has 2 aliphatic carbocycles. The Hall–Kier alpha value is -6.31. The van der Waals surface area contributed by atoms with Crippen molar-refractivity contribution in [2.24, 2.45) is 0 Å². The molecule has 0 atom stereocenters. The summed E-state index contributed by atoms with van der Waals surface area (Å²) < 4.78 is 30.1. The number of anilines is 3. The van der Waals surface area contributed by atoms with Gasteiger partial charge in [-0.25, -0.2) is 8.78 Å². The van der Waals surface area contributed by atoms with Gasteiger partial charge in [0.1, 0.15) is 11.6 Å². The highest BCUT2D eigenvalue weighted by Crippen LogP contribution is 2.64. The summed E-state index contributed by atoms with van der Waals surface area (Å²) in [6, 6.07) is 53.4. The van der Waals surface area contributed by atoms with E-state index >= 15 is 8.78 Å². The van der Waals surface area contributed by atoms with E-state index in [1.807, 2.05) is 30.3 Å². The average Bonchev–Trinajstić information content (AvgIpc) is 3.60. The molecular formula is C44H26F2N2. The number of benzene rings is 7. The zero-order valence-electron chi connectivity index (χ0n) is 25.7. The van der Waals surface area contributed by atoms with Gasteiger partial charge in [-0.1, -0.05) is 103 Å². The lowest BCUT2D eigenvalue weighted by atomic mass is 9.70. The van der Waals surface area contributed by atoms with Crippen LogP contribution in [0.2, 0.25) is 0 Å². The van der Waals surface area contributed by atoms with E-state index in [1.165, 1.54) is 51.6 Å². The summed E-state index contributed by atoms with van der Waals surface area (Å²) in [5.41, 5.74) is 12.4. The molecule has 0 bridgehead atoms. The predicted octanol–water partition coefficient (Wildman–Crippen LogP) is 11.3. The molecule has 0 unspecified atom stereocenters. The average molecular weight is 621 g/mol. The first-order chi connectivity index (χ1) is 23.6. The van der Waals surface area contributed by atoms with Crippen LogP contribution in [0, 0.1) is 23.0 Å². The third kappa shape index (κ3) is 3.82. The van der Waals surface area contributed by atoms with Gasteiger partial charge < -0.3 is 4.90 Å². The molecule has 0 amide bonds. The fourth-order valence-corrected chi connectivity index (χ4v) is 8.00. The monoisotopic (exact) mass is 620 g/mol. The summed E-state index contributed by atoms with van der Waals surface area (Å²) in [5, 5.41) is 9.60. The Balaban J connectivity index is 1.35. The molecule has 9 rings (SSSR count).